The van der Waals surface area contributed by atoms with Crippen LogP contribution in [0.3, 0.4) is 0 Å². The maximum absolute atomic E-state index is 13.4. The standard InChI is InChI=1S/C31H55NO11/c1-18-16-31(39-7,43-20(3)19(18)2)26(36)28(37)32-29-25-24(40-17-41-29)27(38-6)30(4,5)22(42-25)15-21(33)13-11-9-8-10-12-14-23(34)35/h18-22,24-27,29,33,36H,8-17H2,1-7H3,(H,32,37)(H,34,35)/t18?,19-,20-,21-,22-,24+,25+,26-,27-,29-,31-/m1/s1. The molecule has 0 saturated carbocycles. The maximum Gasteiger partial charge on any atom is 0.303 e. The second kappa shape index (κ2) is 15.8. The van der Waals surface area contributed by atoms with Crippen molar-refractivity contribution >= 4 is 11.9 Å². The van der Waals surface area contributed by atoms with E-state index >= 15 is 0 Å². The molecular weight excluding hydrogens is 562 g/mol. The summed E-state index contributed by atoms with van der Waals surface area (Å²) in [6.07, 6.45) is 0.125. The summed E-state index contributed by atoms with van der Waals surface area (Å²) in [5, 5.41) is 33.7. The van der Waals surface area contributed by atoms with Crippen molar-refractivity contribution in [3.63, 3.8) is 0 Å². The van der Waals surface area contributed by atoms with Crippen molar-refractivity contribution in [1.29, 1.82) is 0 Å². The third-order valence-electron chi connectivity index (χ3n) is 9.91. The average molecular weight is 618 g/mol. The number of aliphatic hydroxyl groups is 2. The summed E-state index contributed by atoms with van der Waals surface area (Å²) < 4.78 is 35.9. The minimum atomic E-state index is -1.61. The van der Waals surface area contributed by atoms with Crippen LogP contribution in [0.25, 0.3) is 0 Å². The molecular formula is C31H55NO11. The number of unbranched alkanes of at least 4 members (excludes halogenated alkanes) is 4. The molecule has 3 aliphatic heterocycles. The van der Waals surface area contributed by atoms with Gasteiger partial charge in [0.05, 0.1) is 24.4 Å². The van der Waals surface area contributed by atoms with Gasteiger partial charge in [0, 0.05) is 38.9 Å². The van der Waals surface area contributed by atoms with Gasteiger partial charge in [0.25, 0.3) is 5.91 Å². The molecule has 12 nitrogen and oxygen atoms in total. The van der Waals surface area contributed by atoms with Crippen LogP contribution >= 0.6 is 0 Å². The van der Waals surface area contributed by atoms with E-state index in [-0.39, 0.29) is 31.2 Å². The van der Waals surface area contributed by atoms with Crippen molar-refractivity contribution in [3.05, 3.63) is 0 Å². The number of hydrogen-bond acceptors (Lipinski definition) is 10. The van der Waals surface area contributed by atoms with Gasteiger partial charge in [-0.15, -0.1) is 0 Å². The Morgan fingerprint density at radius 2 is 1.67 bits per heavy atom. The summed E-state index contributed by atoms with van der Waals surface area (Å²) in [6, 6.07) is 0. The van der Waals surface area contributed by atoms with Gasteiger partial charge in [0.2, 0.25) is 5.79 Å². The summed E-state index contributed by atoms with van der Waals surface area (Å²) in [7, 11) is 3.03. The van der Waals surface area contributed by atoms with Crippen LogP contribution < -0.4 is 5.32 Å². The van der Waals surface area contributed by atoms with E-state index in [0.29, 0.717) is 25.7 Å². The molecule has 3 saturated heterocycles. The molecule has 0 aliphatic carbocycles. The first-order valence-electron chi connectivity index (χ1n) is 15.8. The highest BCUT2D eigenvalue weighted by molar-refractivity contribution is 5.82. The fourth-order valence-corrected chi connectivity index (χ4v) is 6.81. The smallest absolute Gasteiger partial charge is 0.303 e. The maximum atomic E-state index is 13.4. The molecule has 3 heterocycles. The number of rotatable bonds is 15. The zero-order valence-corrected chi connectivity index (χ0v) is 27.0. The number of nitrogens with one attached hydrogen (secondary N) is 1. The van der Waals surface area contributed by atoms with Crippen LogP contribution in [0.15, 0.2) is 0 Å². The second-order valence-electron chi connectivity index (χ2n) is 13.3. The Balaban J connectivity index is 1.64. The highest BCUT2D eigenvalue weighted by atomic mass is 16.7. The molecule has 3 aliphatic rings. The van der Waals surface area contributed by atoms with Gasteiger partial charge in [0.1, 0.15) is 19.0 Å². The third-order valence-corrected chi connectivity index (χ3v) is 9.91. The van der Waals surface area contributed by atoms with Gasteiger partial charge in [-0.1, -0.05) is 53.4 Å². The molecule has 0 spiro atoms. The SMILES string of the molecule is CO[C@@H]1[C@H]2OCO[C@@H](NC(=O)[C@@H](O)[C@@]3(OC)CC(C)[C@@H](C)[C@@H](C)O3)[C@H]2O[C@H](C[C@H](O)CCCCCCCC(=O)O)C1(C)C. The molecule has 0 aromatic carbocycles. The monoisotopic (exact) mass is 617 g/mol. The van der Waals surface area contributed by atoms with Crippen LogP contribution in [0.5, 0.6) is 0 Å². The largest absolute Gasteiger partial charge is 0.481 e. The van der Waals surface area contributed by atoms with E-state index in [4.69, 9.17) is 33.5 Å². The van der Waals surface area contributed by atoms with Crippen molar-refractivity contribution in [1.82, 2.24) is 5.32 Å². The number of amides is 1. The van der Waals surface area contributed by atoms with Gasteiger partial charge >= 0.3 is 5.97 Å². The molecule has 0 aromatic rings. The van der Waals surface area contributed by atoms with Crippen LogP contribution in [0.2, 0.25) is 0 Å². The molecule has 4 N–H and O–H groups in total. The van der Waals surface area contributed by atoms with E-state index in [2.05, 4.69) is 12.2 Å². The number of carbonyl (C=O) groups excluding carboxylic acids is 1. The van der Waals surface area contributed by atoms with E-state index in [9.17, 15) is 19.8 Å². The number of methoxy groups -OCH3 is 2. The van der Waals surface area contributed by atoms with Crippen molar-refractivity contribution in [3.8, 4) is 0 Å². The van der Waals surface area contributed by atoms with E-state index in [1.54, 1.807) is 7.11 Å². The van der Waals surface area contributed by atoms with Crippen molar-refractivity contribution in [2.45, 2.75) is 147 Å². The molecule has 250 valence electrons. The third kappa shape index (κ3) is 8.66. The van der Waals surface area contributed by atoms with Gasteiger partial charge in [0.15, 0.2) is 12.3 Å². The van der Waals surface area contributed by atoms with Crippen LogP contribution in [-0.2, 0) is 38.0 Å². The summed E-state index contributed by atoms with van der Waals surface area (Å²) in [5.41, 5.74) is -0.530. The van der Waals surface area contributed by atoms with Crippen LogP contribution in [0, 0.1) is 17.3 Å². The van der Waals surface area contributed by atoms with Crippen molar-refractivity contribution in [2.75, 3.05) is 21.0 Å². The Morgan fingerprint density at radius 3 is 2.30 bits per heavy atom. The lowest BCUT2D eigenvalue weighted by Gasteiger charge is -2.54. The number of aliphatic hydroxyl groups excluding tert-OH is 2. The van der Waals surface area contributed by atoms with Gasteiger partial charge in [-0.2, -0.15) is 0 Å². The van der Waals surface area contributed by atoms with Crippen molar-refractivity contribution < 1.29 is 53.3 Å². The molecule has 11 atom stereocenters. The fraction of sp³-hybridized carbons (Fsp3) is 0.935. The first-order chi connectivity index (χ1) is 20.3. The first-order valence-corrected chi connectivity index (χ1v) is 15.8. The molecule has 12 heteroatoms. The average Bonchev–Trinajstić information content (AvgIpc) is 2.95. The lowest BCUT2D eigenvalue weighted by molar-refractivity contribution is -0.334. The number of carbonyl (C=O) groups is 2. The molecule has 0 aromatic heterocycles. The Kier molecular flexibility index (Phi) is 13.2. The van der Waals surface area contributed by atoms with Crippen molar-refractivity contribution in [2.24, 2.45) is 17.3 Å². The Labute approximate surface area is 256 Å². The fourth-order valence-electron chi connectivity index (χ4n) is 6.81. The molecule has 1 unspecified atom stereocenters. The highest BCUT2D eigenvalue weighted by Gasteiger charge is 2.57. The van der Waals surface area contributed by atoms with Crippen LogP contribution in [0.1, 0.15) is 92.4 Å². The van der Waals surface area contributed by atoms with Crippen LogP contribution in [-0.4, -0.2) is 103 Å². The highest BCUT2D eigenvalue weighted by Crippen LogP contribution is 2.44. The van der Waals surface area contributed by atoms with Crippen LogP contribution in [0.4, 0.5) is 0 Å². The normalized spacial score (nSPS) is 37.2. The summed E-state index contributed by atoms with van der Waals surface area (Å²) in [6.45, 7) is 9.96. The minimum absolute atomic E-state index is 0.0984. The second-order valence-corrected chi connectivity index (χ2v) is 13.3. The molecule has 1 amide bonds. The topological polar surface area (TPSA) is 162 Å². The van der Waals surface area contributed by atoms with Gasteiger partial charge < -0.3 is 49.1 Å². The Bertz CT molecular complexity index is 889. The van der Waals surface area contributed by atoms with Gasteiger partial charge in [-0.05, 0) is 31.6 Å². The molecule has 43 heavy (non-hydrogen) atoms. The number of carboxylic acids is 1. The Morgan fingerprint density at radius 1 is 1.00 bits per heavy atom. The first kappa shape index (κ1) is 36.1. The molecule has 3 rings (SSSR count). The molecule has 0 radical (unpaired) electrons. The number of aliphatic carboxylic acids is 1. The quantitative estimate of drug-likeness (QED) is 0.200. The number of fused-ring (bicyclic) bond motifs is 1. The lowest BCUT2D eigenvalue weighted by atomic mass is 9.72. The van der Waals surface area contributed by atoms with Gasteiger partial charge in [-0.25, -0.2) is 0 Å². The number of hydrogen-bond donors (Lipinski definition) is 4. The molecule has 3 fully saturated rings. The minimum Gasteiger partial charge on any atom is -0.481 e. The predicted molar refractivity (Wildman–Crippen MR) is 156 cm³/mol. The zero-order valence-electron chi connectivity index (χ0n) is 27.0. The lowest BCUT2D eigenvalue weighted by Crippen LogP contribution is -2.69. The van der Waals surface area contributed by atoms with Gasteiger partial charge in [-0.3, -0.25) is 9.59 Å². The van der Waals surface area contributed by atoms with E-state index in [0.717, 1.165) is 25.7 Å². The zero-order chi connectivity index (χ0) is 31.9. The predicted octanol–water partition coefficient (Wildman–Crippen LogP) is 2.96. The molecule has 0 bridgehead atoms. The summed E-state index contributed by atoms with van der Waals surface area (Å²) in [4.78, 5) is 24.1. The van der Waals surface area contributed by atoms with E-state index in [1.807, 2.05) is 27.7 Å². The summed E-state index contributed by atoms with van der Waals surface area (Å²) in [5.74, 6) is -2.58. The van der Waals surface area contributed by atoms with E-state index < -0.39 is 65.9 Å². The number of ether oxygens (including phenoxy) is 6. The summed E-state index contributed by atoms with van der Waals surface area (Å²) >= 11 is 0. The Hall–Kier alpha value is -1.38. The number of carboxylic acid groups (broad SMARTS) is 1. The van der Waals surface area contributed by atoms with E-state index in [1.165, 1.54) is 7.11 Å².